The smallest absolute Gasteiger partial charge is 0.118 e. The molecule has 0 bridgehead atoms. The summed E-state index contributed by atoms with van der Waals surface area (Å²) in [5.74, 6) is 0.867. The SMILES string of the molecule is COc1ccc(CC(N)c2csc(C)n2)cc1. The standard InChI is InChI=1S/C13H16N2OS/c1-9-15-13(8-17-9)12(14)7-10-3-5-11(16-2)6-4-10/h3-6,8,12H,7,14H2,1-2H3. The van der Waals surface area contributed by atoms with Crippen molar-refractivity contribution in [2.24, 2.45) is 5.73 Å². The number of aryl methyl sites for hydroxylation is 1. The molecule has 4 heteroatoms. The molecule has 2 aromatic rings. The monoisotopic (exact) mass is 248 g/mol. The van der Waals surface area contributed by atoms with Gasteiger partial charge in [0.2, 0.25) is 0 Å². The number of hydrogen-bond acceptors (Lipinski definition) is 4. The summed E-state index contributed by atoms with van der Waals surface area (Å²) in [6, 6.07) is 7.95. The van der Waals surface area contributed by atoms with Crippen molar-refractivity contribution in [1.82, 2.24) is 4.98 Å². The normalized spacial score (nSPS) is 12.4. The van der Waals surface area contributed by atoms with Gasteiger partial charge in [-0.2, -0.15) is 0 Å². The summed E-state index contributed by atoms with van der Waals surface area (Å²) >= 11 is 1.64. The Hall–Kier alpha value is -1.39. The zero-order chi connectivity index (χ0) is 12.3. The number of methoxy groups -OCH3 is 1. The van der Waals surface area contributed by atoms with Crippen LogP contribution in [0, 0.1) is 6.92 Å². The number of nitrogens with two attached hydrogens (primary N) is 1. The van der Waals surface area contributed by atoms with Crippen LogP contribution in [-0.2, 0) is 6.42 Å². The van der Waals surface area contributed by atoms with E-state index in [0.717, 1.165) is 22.9 Å². The Bertz CT molecular complexity index is 478. The number of benzene rings is 1. The molecule has 0 saturated carbocycles. The fraction of sp³-hybridized carbons (Fsp3) is 0.308. The maximum absolute atomic E-state index is 6.12. The minimum absolute atomic E-state index is 0.0339. The second-order valence-electron chi connectivity index (χ2n) is 3.95. The first kappa shape index (κ1) is 12.1. The van der Waals surface area contributed by atoms with E-state index in [4.69, 9.17) is 10.5 Å². The number of rotatable bonds is 4. The highest BCUT2D eigenvalue weighted by atomic mass is 32.1. The molecule has 0 saturated heterocycles. The Kier molecular flexibility index (Phi) is 3.76. The lowest BCUT2D eigenvalue weighted by molar-refractivity contribution is 0.414. The van der Waals surface area contributed by atoms with Crippen LogP contribution in [0.3, 0.4) is 0 Å². The topological polar surface area (TPSA) is 48.1 Å². The number of aromatic nitrogens is 1. The van der Waals surface area contributed by atoms with Gasteiger partial charge in [-0.1, -0.05) is 12.1 Å². The molecule has 1 aromatic carbocycles. The van der Waals surface area contributed by atoms with Crippen molar-refractivity contribution in [3.63, 3.8) is 0 Å². The van der Waals surface area contributed by atoms with Crippen LogP contribution in [0.15, 0.2) is 29.6 Å². The summed E-state index contributed by atoms with van der Waals surface area (Å²) in [7, 11) is 1.67. The lowest BCUT2D eigenvalue weighted by Gasteiger charge is -2.09. The predicted octanol–water partition coefficient (Wildman–Crippen LogP) is 2.70. The Morgan fingerprint density at radius 3 is 2.59 bits per heavy atom. The first-order valence-electron chi connectivity index (χ1n) is 5.49. The van der Waals surface area contributed by atoms with Gasteiger partial charge in [0, 0.05) is 5.38 Å². The highest BCUT2D eigenvalue weighted by Gasteiger charge is 2.10. The Balaban J connectivity index is 2.04. The Labute approximate surface area is 105 Å². The quantitative estimate of drug-likeness (QED) is 0.905. The summed E-state index contributed by atoms with van der Waals surface area (Å²) < 4.78 is 5.12. The van der Waals surface area contributed by atoms with Gasteiger partial charge in [-0.25, -0.2) is 4.98 Å². The average molecular weight is 248 g/mol. The third kappa shape index (κ3) is 3.05. The summed E-state index contributed by atoms with van der Waals surface area (Å²) in [5, 5.41) is 3.09. The van der Waals surface area contributed by atoms with Gasteiger partial charge in [-0.15, -0.1) is 11.3 Å². The molecule has 2 rings (SSSR count). The van der Waals surface area contributed by atoms with E-state index in [-0.39, 0.29) is 6.04 Å². The zero-order valence-electron chi connectivity index (χ0n) is 10.0. The lowest BCUT2D eigenvalue weighted by atomic mass is 10.0. The number of nitrogens with zero attached hydrogens (tertiary/aromatic N) is 1. The minimum Gasteiger partial charge on any atom is -0.497 e. The van der Waals surface area contributed by atoms with Crippen molar-refractivity contribution in [2.75, 3.05) is 7.11 Å². The Morgan fingerprint density at radius 1 is 1.35 bits per heavy atom. The predicted molar refractivity (Wildman–Crippen MR) is 70.5 cm³/mol. The van der Waals surface area contributed by atoms with Crippen LogP contribution in [-0.4, -0.2) is 12.1 Å². The van der Waals surface area contributed by atoms with Crippen LogP contribution in [0.5, 0.6) is 5.75 Å². The van der Waals surface area contributed by atoms with Crippen molar-refractivity contribution in [3.05, 3.63) is 45.9 Å². The zero-order valence-corrected chi connectivity index (χ0v) is 10.8. The van der Waals surface area contributed by atoms with E-state index < -0.39 is 0 Å². The summed E-state index contributed by atoms with van der Waals surface area (Å²) in [4.78, 5) is 4.41. The molecule has 0 spiro atoms. The molecule has 1 aromatic heterocycles. The molecule has 3 nitrogen and oxygen atoms in total. The van der Waals surface area contributed by atoms with Crippen LogP contribution in [0.2, 0.25) is 0 Å². The molecule has 17 heavy (non-hydrogen) atoms. The number of thiazole rings is 1. The molecule has 1 unspecified atom stereocenters. The van der Waals surface area contributed by atoms with Gasteiger partial charge in [-0.3, -0.25) is 0 Å². The minimum atomic E-state index is -0.0339. The highest BCUT2D eigenvalue weighted by Crippen LogP contribution is 2.19. The third-order valence-corrected chi connectivity index (χ3v) is 3.42. The van der Waals surface area contributed by atoms with Crippen molar-refractivity contribution in [1.29, 1.82) is 0 Å². The van der Waals surface area contributed by atoms with E-state index in [2.05, 4.69) is 4.98 Å². The molecular formula is C13H16N2OS. The first-order valence-corrected chi connectivity index (χ1v) is 6.37. The van der Waals surface area contributed by atoms with Crippen LogP contribution in [0.1, 0.15) is 22.3 Å². The van der Waals surface area contributed by atoms with Gasteiger partial charge >= 0.3 is 0 Å². The van der Waals surface area contributed by atoms with Crippen LogP contribution < -0.4 is 10.5 Å². The van der Waals surface area contributed by atoms with Gasteiger partial charge in [0.1, 0.15) is 5.75 Å². The molecule has 0 radical (unpaired) electrons. The van der Waals surface area contributed by atoms with Gasteiger partial charge in [0.25, 0.3) is 0 Å². The first-order chi connectivity index (χ1) is 8.19. The van der Waals surface area contributed by atoms with E-state index >= 15 is 0 Å². The van der Waals surface area contributed by atoms with Crippen LogP contribution in [0.25, 0.3) is 0 Å². The molecule has 0 aliphatic rings. The van der Waals surface area contributed by atoms with E-state index in [1.54, 1.807) is 18.4 Å². The molecule has 2 N–H and O–H groups in total. The van der Waals surface area contributed by atoms with Crippen LogP contribution >= 0.6 is 11.3 Å². The second-order valence-corrected chi connectivity index (χ2v) is 5.01. The summed E-state index contributed by atoms with van der Waals surface area (Å²) in [6.07, 6.45) is 0.799. The van der Waals surface area contributed by atoms with Crippen molar-refractivity contribution in [3.8, 4) is 5.75 Å². The largest absolute Gasteiger partial charge is 0.497 e. The fourth-order valence-electron chi connectivity index (χ4n) is 1.67. The average Bonchev–Trinajstić information content (AvgIpc) is 2.77. The van der Waals surface area contributed by atoms with Crippen LogP contribution in [0.4, 0.5) is 0 Å². The van der Waals surface area contributed by atoms with E-state index in [1.807, 2.05) is 36.6 Å². The molecule has 0 aliphatic carbocycles. The Morgan fingerprint density at radius 2 is 2.06 bits per heavy atom. The van der Waals surface area contributed by atoms with E-state index in [1.165, 1.54) is 5.56 Å². The summed E-state index contributed by atoms with van der Waals surface area (Å²) in [5.41, 5.74) is 8.30. The molecule has 0 aliphatic heterocycles. The van der Waals surface area contributed by atoms with Crippen molar-refractivity contribution >= 4 is 11.3 Å². The molecule has 0 amide bonds. The maximum atomic E-state index is 6.12. The lowest BCUT2D eigenvalue weighted by Crippen LogP contribution is -2.13. The number of ether oxygens (including phenoxy) is 1. The second kappa shape index (κ2) is 5.29. The molecule has 0 fully saturated rings. The molecular weight excluding hydrogens is 232 g/mol. The molecule has 1 atom stereocenters. The van der Waals surface area contributed by atoms with Gasteiger partial charge < -0.3 is 10.5 Å². The summed E-state index contributed by atoms with van der Waals surface area (Å²) in [6.45, 7) is 1.99. The highest BCUT2D eigenvalue weighted by molar-refractivity contribution is 7.09. The van der Waals surface area contributed by atoms with E-state index in [0.29, 0.717) is 0 Å². The fourth-order valence-corrected chi connectivity index (χ4v) is 2.35. The molecule has 1 heterocycles. The van der Waals surface area contributed by atoms with Crippen molar-refractivity contribution in [2.45, 2.75) is 19.4 Å². The van der Waals surface area contributed by atoms with Gasteiger partial charge in [-0.05, 0) is 31.0 Å². The number of hydrogen-bond donors (Lipinski definition) is 1. The van der Waals surface area contributed by atoms with E-state index in [9.17, 15) is 0 Å². The van der Waals surface area contributed by atoms with Gasteiger partial charge in [0.05, 0.1) is 23.9 Å². The third-order valence-electron chi connectivity index (χ3n) is 2.63. The van der Waals surface area contributed by atoms with Gasteiger partial charge in [0.15, 0.2) is 0 Å². The van der Waals surface area contributed by atoms with Crippen molar-refractivity contribution < 1.29 is 4.74 Å². The molecule has 90 valence electrons. The maximum Gasteiger partial charge on any atom is 0.118 e.